The minimum absolute atomic E-state index is 0.171. The number of hydrogen-bond donors (Lipinski definition) is 1. The summed E-state index contributed by atoms with van der Waals surface area (Å²) in [4.78, 5) is 58.4. The van der Waals surface area contributed by atoms with Crippen LogP contribution in [0.2, 0.25) is 0 Å². The van der Waals surface area contributed by atoms with E-state index in [1.165, 1.54) is 16.7 Å². The van der Waals surface area contributed by atoms with Crippen molar-refractivity contribution < 1.29 is 27.6 Å². The largest absolute Gasteiger partial charge is 0.416 e. The number of fused-ring (bicyclic) bond motifs is 3. The Bertz CT molecular complexity index is 2190. The maximum absolute atomic E-state index is 14.2. The summed E-state index contributed by atoms with van der Waals surface area (Å²) in [6.45, 7) is 5.28. The molecule has 0 bridgehead atoms. The van der Waals surface area contributed by atoms with Crippen molar-refractivity contribution in [1.82, 2.24) is 4.57 Å². The molecule has 1 N–H and O–H groups in total. The lowest BCUT2D eigenvalue weighted by atomic mass is 9.83. The standard InChI is InChI=1S/C37H31F3N4O4S2/c1-3-42(4-2)24-17-15-22(16-18-24)29-30-31(34(47)44(33(30)46)25-12-8-11-23(19-25)37(38,39)40)49-35-32(29)50-36(48)43(35)20-28(45)41-27-14-7-10-21-9-5-6-13-26(21)27/h5-19,29-31H,3-4,20H2,1-2H3,(H,41,45)/t29-,30-,31+/m0/s1. The number of aromatic nitrogens is 1. The maximum atomic E-state index is 14.2. The minimum atomic E-state index is -4.68. The molecule has 0 spiro atoms. The SMILES string of the molecule is CCN(CC)c1ccc([C@@H]2c3sc(=O)n(CC(=O)Nc4cccc5ccccc45)c3S[C@H]3C(=O)N(c4cccc(C(F)(F)F)c4)C(=O)[C@@H]23)cc1. The molecule has 3 amide bonds. The zero-order valence-electron chi connectivity index (χ0n) is 26.9. The Morgan fingerprint density at radius 3 is 2.30 bits per heavy atom. The summed E-state index contributed by atoms with van der Waals surface area (Å²) < 4.78 is 42.3. The highest BCUT2D eigenvalue weighted by Gasteiger charge is 2.57. The van der Waals surface area contributed by atoms with Crippen LogP contribution < -0.4 is 20.0 Å². The minimum Gasteiger partial charge on any atom is -0.372 e. The van der Waals surface area contributed by atoms with Crippen molar-refractivity contribution in [2.75, 3.05) is 28.2 Å². The van der Waals surface area contributed by atoms with Crippen molar-refractivity contribution >= 4 is 68.7 Å². The Morgan fingerprint density at radius 2 is 1.58 bits per heavy atom. The third-order valence-electron chi connectivity index (χ3n) is 9.23. The number of halogens is 3. The summed E-state index contributed by atoms with van der Waals surface area (Å²) in [5.41, 5.74) is 1.06. The van der Waals surface area contributed by atoms with E-state index >= 15 is 0 Å². The van der Waals surface area contributed by atoms with Crippen molar-refractivity contribution in [3.8, 4) is 0 Å². The number of thioether (sulfide) groups is 1. The van der Waals surface area contributed by atoms with E-state index in [2.05, 4.69) is 10.2 Å². The van der Waals surface area contributed by atoms with Gasteiger partial charge in [0.2, 0.25) is 17.7 Å². The quantitative estimate of drug-likeness (QED) is 0.169. The van der Waals surface area contributed by atoms with Gasteiger partial charge in [0.15, 0.2) is 0 Å². The maximum Gasteiger partial charge on any atom is 0.416 e. The van der Waals surface area contributed by atoms with E-state index in [4.69, 9.17) is 0 Å². The lowest BCUT2D eigenvalue weighted by Gasteiger charge is -2.31. The zero-order valence-corrected chi connectivity index (χ0v) is 28.6. The molecule has 3 heterocycles. The number of anilines is 3. The molecule has 2 aliphatic rings. The number of amides is 3. The fourth-order valence-corrected chi connectivity index (χ4v) is 9.61. The van der Waals surface area contributed by atoms with Crippen LogP contribution in [0, 0.1) is 5.92 Å². The van der Waals surface area contributed by atoms with Crippen molar-refractivity contribution in [3.05, 3.63) is 117 Å². The summed E-state index contributed by atoms with van der Waals surface area (Å²) in [6.07, 6.45) is -4.68. The van der Waals surface area contributed by atoms with Crippen molar-refractivity contribution in [2.45, 2.75) is 42.8 Å². The molecule has 13 heteroatoms. The molecular formula is C37H31F3N4O4S2. The number of carbonyl (C=O) groups is 3. The first kappa shape index (κ1) is 33.6. The van der Waals surface area contributed by atoms with E-state index in [0.717, 1.165) is 69.7 Å². The van der Waals surface area contributed by atoms with E-state index in [1.54, 1.807) is 6.07 Å². The van der Waals surface area contributed by atoms with Gasteiger partial charge in [-0.3, -0.25) is 23.7 Å². The molecule has 1 fully saturated rings. The molecular weight excluding hydrogens is 686 g/mol. The number of benzene rings is 4. The van der Waals surface area contributed by atoms with E-state index in [1.807, 2.05) is 74.5 Å². The van der Waals surface area contributed by atoms with E-state index < -0.39 is 51.4 Å². The Morgan fingerprint density at radius 1 is 0.880 bits per heavy atom. The van der Waals surface area contributed by atoms with Crippen molar-refractivity contribution in [1.29, 1.82) is 0 Å². The van der Waals surface area contributed by atoms with Gasteiger partial charge in [-0.05, 0) is 61.2 Å². The van der Waals surface area contributed by atoms with Gasteiger partial charge in [0, 0.05) is 40.6 Å². The second-order valence-electron chi connectivity index (χ2n) is 12.1. The lowest BCUT2D eigenvalue weighted by molar-refractivity contribution is -0.137. The predicted molar refractivity (Wildman–Crippen MR) is 190 cm³/mol. The Hall–Kier alpha value is -4.88. The van der Waals surface area contributed by atoms with Gasteiger partial charge in [-0.1, -0.05) is 77.7 Å². The molecule has 0 saturated carbocycles. The number of rotatable bonds is 8. The van der Waals surface area contributed by atoms with E-state index in [9.17, 15) is 32.3 Å². The average Bonchev–Trinajstić information content (AvgIpc) is 3.55. The summed E-state index contributed by atoms with van der Waals surface area (Å²) in [5, 5.41) is 4.02. The Balaban J connectivity index is 1.29. The molecule has 1 aromatic heterocycles. The van der Waals surface area contributed by atoms with Crippen LogP contribution in [0.3, 0.4) is 0 Å². The highest BCUT2D eigenvalue weighted by molar-refractivity contribution is 8.00. The summed E-state index contributed by atoms with van der Waals surface area (Å²) in [6, 6.07) is 24.8. The van der Waals surface area contributed by atoms with Gasteiger partial charge in [0.05, 0.1) is 22.2 Å². The first-order valence-electron chi connectivity index (χ1n) is 16.1. The molecule has 2 aliphatic heterocycles. The highest BCUT2D eigenvalue weighted by Crippen LogP contribution is 2.54. The second-order valence-corrected chi connectivity index (χ2v) is 14.2. The Labute approximate surface area is 293 Å². The van der Waals surface area contributed by atoms with Gasteiger partial charge in [-0.15, -0.1) is 0 Å². The summed E-state index contributed by atoms with van der Waals surface area (Å²) >= 11 is 1.92. The molecule has 256 valence electrons. The smallest absolute Gasteiger partial charge is 0.372 e. The molecule has 3 atom stereocenters. The first-order chi connectivity index (χ1) is 24.0. The second kappa shape index (κ2) is 13.1. The number of carbonyl (C=O) groups excluding carboxylic acids is 3. The number of alkyl halides is 3. The van der Waals surface area contributed by atoms with E-state index in [-0.39, 0.29) is 12.2 Å². The lowest BCUT2D eigenvalue weighted by Crippen LogP contribution is -2.33. The van der Waals surface area contributed by atoms with Crippen LogP contribution in [0.25, 0.3) is 10.8 Å². The van der Waals surface area contributed by atoms with Crippen LogP contribution in [0.4, 0.5) is 30.2 Å². The molecule has 4 aromatic carbocycles. The van der Waals surface area contributed by atoms with E-state index in [0.29, 0.717) is 21.2 Å². The molecule has 5 aromatic rings. The van der Waals surface area contributed by atoms with Gasteiger partial charge in [0.25, 0.3) is 0 Å². The monoisotopic (exact) mass is 716 g/mol. The van der Waals surface area contributed by atoms with Crippen molar-refractivity contribution in [2.24, 2.45) is 5.92 Å². The molecule has 8 nitrogen and oxygen atoms in total. The van der Waals surface area contributed by atoms with Gasteiger partial charge < -0.3 is 10.2 Å². The molecule has 50 heavy (non-hydrogen) atoms. The van der Waals surface area contributed by atoms with Gasteiger partial charge in [-0.25, -0.2) is 4.90 Å². The average molecular weight is 717 g/mol. The number of hydrogen-bond acceptors (Lipinski definition) is 7. The number of nitrogens with zero attached hydrogens (tertiary/aromatic N) is 3. The fraction of sp³-hybridized carbons (Fsp3) is 0.243. The van der Waals surface area contributed by atoms with Crippen LogP contribution in [-0.2, 0) is 27.1 Å². The third kappa shape index (κ3) is 5.87. The van der Waals surface area contributed by atoms with Crippen LogP contribution >= 0.6 is 23.1 Å². The third-order valence-corrected chi connectivity index (χ3v) is 11.8. The normalized spacial score (nSPS) is 18.7. The molecule has 1 saturated heterocycles. The van der Waals surface area contributed by atoms with Crippen LogP contribution in [-0.4, -0.2) is 40.6 Å². The summed E-state index contributed by atoms with van der Waals surface area (Å²) in [5.74, 6) is -3.52. The molecule has 0 aliphatic carbocycles. The van der Waals surface area contributed by atoms with Gasteiger partial charge in [-0.2, -0.15) is 13.2 Å². The van der Waals surface area contributed by atoms with Crippen LogP contribution in [0.15, 0.2) is 101 Å². The van der Waals surface area contributed by atoms with Gasteiger partial charge >= 0.3 is 11.0 Å². The number of imide groups is 1. The number of thiazole rings is 1. The number of nitrogens with one attached hydrogen (secondary N) is 1. The Kier molecular flexibility index (Phi) is 8.81. The highest BCUT2D eigenvalue weighted by atomic mass is 32.2. The first-order valence-corrected chi connectivity index (χ1v) is 17.8. The van der Waals surface area contributed by atoms with Gasteiger partial charge in [0.1, 0.15) is 11.8 Å². The molecule has 0 unspecified atom stereocenters. The van der Waals surface area contributed by atoms with Crippen molar-refractivity contribution in [3.63, 3.8) is 0 Å². The predicted octanol–water partition coefficient (Wildman–Crippen LogP) is 7.36. The molecule has 0 radical (unpaired) electrons. The van der Waals surface area contributed by atoms with Crippen LogP contribution in [0.5, 0.6) is 0 Å². The topological polar surface area (TPSA) is 91.7 Å². The fourth-order valence-electron chi connectivity index (χ4n) is 6.84. The zero-order chi connectivity index (χ0) is 35.3. The summed E-state index contributed by atoms with van der Waals surface area (Å²) in [7, 11) is 0. The molecule has 7 rings (SSSR count). The van der Waals surface area contributed by atoms with Crippen LogP contribution in [0.1, 0.15) is 35.8 Å².